The van der Waals surface area contributed by atoms with Crippen LogP contribution in [-0.4, -0.2) is 7.11 Å². The number of rotatable bonds is 4. The minimum absolute atomic E-state index is 0.196. The summed E-state index contributed by atoms with van der Waals surface area (Å²) < 4.78 is 6.62. The van der Waals surface area contributed by atoms with Gasteiger partial charge in [-0.05, 0) is 65.8 Å². The van der Waals surface area contributed by atoms with E-state index in [0.717, 1.165) is 17.0 Å². The van der Waals surface area contributed by atoms with E-state index < -0.39 is 0 Å². The molecule has 1 atom stereocenters. The number of nitrogens with one attached hydrogen (secondary N) is 1. The predicted molar refractivity (Wildman–Crippen MR) is 93.9 cm³/mol. The predicted octanol–water partition coefficient (Wildman–Crippen LogP) is 5.43. The summed E-state index contributed by atoms with van der Waals surface area (Å²) in [7, 11) is 1.65. The van der Waals surface area contributed by atoms with Crippen LogP contribution in [-0.2, 0) is 0 Å². The fourth-order valence-electron chi connectivity index (χ4n) is 2.01. The summed E-state index contributed by atoms with van der Waals surface area (Å²) >= 11 is 8.43. The van der Waals surface area contributed by atoms with Crippen LogP contribution in [0.4, 0.5) is 5.69 Å². The van der Waals surface area contributed by atoms with Crippen LogP contribution in [0.1, 0.15) is 24.1 Å². The van der Waals surface area contributed by atoms with E-state index in [1.807, 2.05) is 19.1 Å². The normalized spacial score (nSPS) is 12.1. The van der Waals surface area contributed by atoms with Crippen LogP contribution in [0.25, 0.3) is 0 Å². The van der Waals surface area contributed by atoms with E-state index >= 15 is 0 Å². The number of hydrogen-bond donors (Lipinski definition) is 1. The fraction of sp³-hybridized carbons (Fsp3) is 0.250. The highest BCUT2D eigenvalue weighted by Gasteiger charge is 2.11. The molecule has 0 aromatic heterocycles. The summed E-state index contributed by atoms with van der Waals surface area (Å²) in [6, 6.07) is 12.5. The third kappa shape index (κ3) is 3.58. The minimum atomic E-state index is 0.196. The van der Waals surface area contributed by atoms with Crippen LogP contribution in [0, 0.1) is 10.5 Å². The van der Waals surface area contributed by atoms with Crippen LogP contribution < -0.4 is 10.1 Å². The smallest absolute Gasteiger partial charge is 0.143 e. The molecule has 0 spiro atoms. The van der Waals surface area contributed by atoms with E-state index in [4.69, 9.17) is 16.3 Å². The molecule has 0 amide bonds. The molecular weight excluding hydrogens is 385 g/mol. The molecule has 0 heterocycles. The monoisotopic (exact) mass is 401 g/mol. The van der Waals surface area contributed by atoms with E-state index in [0.29, 0.717) is 5.02 Å². The molecule has 106 valence electrons. The van der Waals surface area contributed by atoms with Crippen molar-refractivity contribution in [1.29, 1.82) is 0 Å². The SMILES string of the molecule is COc1cc(Cl)c(C)cc1NC(C)c1ccc(I)cc1. The summed E-state index contributed by atoms with van der Waals surface area (Å²) in [6.07, 6.45) is 0. The molecule has 0 bridgehead atoms. The maximum atomic E-state index is 6.13. The Kier molecular flexibility index (Phi) is 5.16. The lowest BCUT2D eigenvalue weighted by atomic mass is 10.1. The molecule has 2 rings (SSSR count). The molecule has 4 heteroatoms. The van der Waals surface area contributed by atoms with E-state index in [2.05, 4.69) is 59.1 Å². The maximum Gasteiger partial charge on any atom is 0.143 e. The van der Waals surface area contributed by atoms with Crippen LogP contribution in [0.15, 0.2) is 36.4 Å². The van der Waals surface area contributed by atoms with Crippen molar-refractivity contribution in [3.63, 3.8) is 0 Å². The van der Waals surface area contributed by atoms with Gasteiger partial charge < -0.3 is 10.1 Å². The highest BCUT2D eigenvalue weighted by Crippen LogP contribution is 2.33. The van der Waals surface area contributed by atoms with Crippen LogP contribution in [0.3, 0.4) is 0 Å². The number of benzene rings is 2. The Morgan fingerprint density at radius 1 is 1.20 bits per heavy atom. The number of ether oxygens (including phenoxy) is 1. The molecule has 0 saturated heterocycles. The minimum Gasteiger partial charge on any atom is -0.495 e. The third-order valence-electron chi connectivity index (χ3n) is 3.22. The molecular formula is C16H17ClINO. The van der Waals surface area contributed by atoms with E-state index in [9.17, 15) is 0 Å². The van der Waals surface area contributed by atoms with Gasteiger partial charge in [0.25, 0.3) is 0 Å². The lowest BCUT2D eigenvalue weighted by molar-refractivity contribution is 0.416. The van der Waals surface area contributed by atoms with Crippen LogP contribution in [0.2, 0.25) is 5.02 Å². The Balaban J connectivity index is 2.25. The summed E-state index contributed by atoms with van der Waals surface area (Å²) in [6.45, 7) is 4.12. The molecule has 0 fully saturated rings. The van der Waals surface area contributed by atoms with Gasteiger partial charge in [0, 0.05) is 20.7 Å². The van der Waals surface area contributed by atoms with Crippen LogP contribution >= 0.6 is 34.2 Å². The van der Waals surface area contributed by atoms with Gasteiger partial charge in [0.2, 0.25) is 0 Å². The zero-order valence-electron chi connectivity index (χ0n) is 11.7. The van der Waals surface area contributed by atoms with Gasteiger partial charge in [-0.3, -0.25) is 0 Å². The van der Waals surface area contributed by atoms with Crippen molar-refractivity contribution in [1.82, 2.24) is 0 Å². The molecule has 0 aliphatic rings. The summed E-state index contributed by atoms with van der Waals surface area (Å²) in [4.78, 5) is 0. The molecule has 1 N–H and O–H groups in total. The van der Waals surface area contributed by atoms with Crippen molar-refractivity contribution in [2.24, 2.45) is 0 Å². The standard InChI is InChI=1S/C16H17ClINO/c1-10-8-15(16(20-3)9-14(10)17)19-11(2)12-4-6-13(18)7-5-12/h4-9,11,19H,1-3H3. The number of methoxy groups -OCH3 is 1. The number of aryl methyl sites for hydroxylation is 1. The maximum absolute atomic E-state index is 6.13. The summed E-state index contributed by atoms with van der Waals surface area (Å²) in [5.41, 5.74) is 3.23. The second kappa shape index (κ2) is 6.68. The highest BCUT2D eigenvalue weighted by atomic mass is 127. The van der Waals surface area contributed by atoms with Gasteiger partial charge in [-0.2, -0.15) is 0 Å². The molecule has 20 heavy (non-hydrogen) atoms. The van der Waals surface area contributed by atoms with Gasteiger partial charge in [-0.1, -0.05) is 23.7 Å². The molecule has 0 aliphatic heterocycles. The van der Waals surface area contributed by atoms with E-state index in [1.165, 1.54) is 9.13 Å². The first-order valence-electron chi connectivity index (χ1n) is 6.37. The molecule has 2 aromatic rings. The lowest BCUT2D eigenvalue weighted by Gasteiger charge is -2.19. The Labute approximate surface area is 138 Å². The second-order valence-electron chi connectivity index (χ2n) is 4.72. The topological polar surface area (TPSA) is 21.3 Å². The van der Waals surface area contributed by atoms with Crippen molar-refractivity contribution >= 4 is 39.9 Å². The largest absolute Gasteiger partial charge is 0.495 e. The van der Waals surface area contributed by atoms with Gasteiger partial charge in [0.05, 0.1) is 12.8 Å². The zero-order chi connectivity index (χ0) is 14.7. The van der Waals surface area contributed by atoms with Crippen molar-refractivity contribution in [3.8, 4) is 5.75 Å². The number of anilines is 1. The average molecular weight is 402 g/mol. The highest BCUT2D eigenvalue weighted by molar-refractivity contribution is 14.1. The Bertz CT molecular complexity index is 598. The number of hydrogen-bond acceptors (Lipinski definition) is 2. The van der Waals surface area contributed by atoms with Gasteiger partial charge in [-0.15, -0.1) is 0 Å². The van der Waals surface area contributed by atoms with E-state index in [-0.39, 0.29) is 6.04 Å². The Hall–Kier alpha value is -0.940. The first-order valence-corrected chi connectivity index (χ1v) is 7.83. The zero-order valence-corrected chi connectivity index (χ0v) is 14.6. The van der Waals surface area contributed by atoms with Crippen LogP contribution in [0.5, 0.6) is 5.75 Å². The lowest BCUT2D eigenvalue weighted by Crippen LogP contribution is -2.08. The quantitative estimate of drug-likeness (QED) is 0.689. The Morgan fingerprint density at radius 2 is 1.85 bits per heavy atom. The van der Waals surface area contributed by atoms with E-state index in [1.54, 1.807) is 7.11 Å². The molecule has 1 unspecified atom stereocenters. The first-order chi connectivity index (χ1) is 9.51. The van der Waals surface area contributed by atoms with Crippen molar-refractivity contribution < 1.29 is 4.74 Å². The molecule has 0 radical (unpaired) electrons. The summed E-state index contributed by atoms with van der Waals surface area (Å²) in [5.74, 6) is 0.762. The van der Waals surface area contributed by atoms with Gasteiger partial charge in [0.15, 0.2) is 0 Å². The number of halogens is 2. The van der Waals surface area contributed by atoms with Gasteiger partial charge >= 0.3 is 0 Å². The molecule has 0 aliphatic carbocycles. The fourth-order valence-corrected chi connectivity index (χ4v) is 2.53. The second-order valence-corrected chi connectivity index (χ2v) is 6.37. The molecule has 2 nitrogen and oxygen atoms in total. The molecule has 2 aromatic carbocycles. The Morgan fingerprint density at radius 3 is 2.45 bits per heavy atom. The van der Waals surface area contributed by atoms with Gasteiger partial charge in [0.1, 0.15) is 5.75 Å². The summed E-state index contributed by atoms with van der Waals surface area (Å²) in [5, 5.41) is 4.20. The van der Waals surface area contributed by atoms with Crippen molar-refractivity contribution in [3.05, 3.63) is 56.1 Å². The average Bonchev–Trinajstić information content (AvgIpc) is 2.43. The third-order valence-corrected chi connectivity index (χ3v) is 4.35. The van der Waals surface area contributed by atoms with Gasteiger partial charge in [-0.25, -0.2) is 0 Å². The van der Waals surface area contributed by atoms with Crippen molar-refractivity contribution in [2.75, 3.05) is 12.4 Å². The first kappa shape index (κ1) is 15.4. The molecule has 0 saturated carbocycles. The van der Waals surface area contributed by atoms with Crippen molar-refractivity contribution in [2.45, 2.75) is 19.9 Å².